The van der Waals surface area contributed by atoms with Gasteiger partial charge in [-0.1, -0.05) is 12.1 Å². The number of hydrogen-bond donors (Lipinski definition) is 1. The van der Waals surface area contributed by atoms with E-state index < -0.39 is 0 Å². The van der Waals surface area contributed by atoms with Crippen molar-refractivity contribution in [2.24, 2.45) is 11.7 Å². The molecular formula is C10H12N2O2. The molecule has 2 rings (SSSR count). The van der Waals surface area contributed by atoms with Crippen LogP contribution >= 0.6 is 0 Å². The Morgan fingerprint density at radius 2 is 2.21 bits per heavy atom. The van der Waals surface area contributed by atoms with Crippen LogP contribution in [0.5, 0.6) is 0 Å². The molecule has 1 fully saturated rings. The van der Waals surface area contributed by atoms with Crippen molar-refractivity contribution in [3.05, 3.63) is 39.9 Å². The normalized spacial score (nSPS) is 17.8. The Labute approximate surface area is 81.9 Å². The third kappa shape index (κ3) is 1.75. The standard InChI is InChI=1S/C10H12N2O2/c11-10(7-4-5-7)8-2-1-3-9(6-8)12(13)14/h1-3,6-7,10H,4-5,11H2. The maximum Gasteiger partial charge on any atom is 0.269 e. The molecule has 0 bridgehead atoms. The van der Waals surface area contributed by atoms with E-state index in [1.165, 1.54) is 6.07 Å². The van der Waals surface area contributed by atoms with Crippen molar-refractivity contribution in [1.82, 2.24) is 0 Å². The summed E-state index contributed by atoms with van der Waals surface area (Å²) in [5.41, 5.74) is 6.95. The number of nitro groups is 1. The van der Waals surface area contributed by atoms with E-state index >= 15 is 0 Å². The Morgan fingerprint density at radius 3 is 2.79 bits per heavy atom. The maximum absolute atomic E-state index is 10.5. The molecule has 1 aromatic rings. The van der Waals surface area contributed by atoms with Crippen LogP contribution in [0, 0.1) is 16.0 Å². The number of nitro benzene ring substituents is 1. The van der Waals surface area contributed by atoms with Gasteiger partial charge in [-0.15, -0.1) is 0 Å². The van der Waals surface area contributed by atoms with Gasteiger partial charge in [-0.2, -0.15) is 0 Å². The molecule has 1 aliphatic carbocycles. The topological polar surface area (TPSA) is 69.2 Å². The Kier molecular flexibility index (Phi) is 2.21. The van der Waals surface area contributed by atoms with Crippen LogP contribution in [0.15, 0.2) is 24.3 Å². The van der Waals surface area contributed by atoms with Crippen molar-refractivity contribution in [1.29, 1.82) is 0 Å². The second-order valence-corrected chi connectivity index (χ2v) is 3.72. The minimum Gasteiger partial charge on any atom is -0.324 e. The van der Waals surface area contributed by atoms with E-state index in [0.29, 0.717) is 5.92 Å². The molecule has 1 atom stereocenters. The highest BCUT2D eigenvalue weighted by atomic mass is 16.6. The highest BCUT2D eigenvalue weighted by Crippen LogP contribution is 2.39. The van der Waals surface area contributed by atoms with Crippen LogP contribution in [0.25, 0.3) is 0 Å². The first kappa shape index (κ1) is 9.15. The van der Waals surface area contributed by atoms with Crippen LogP contribution in [0.3, 0.4) is 0 Å². The van der Waals surface area contributed by atoms with Crippen molar-refractivity contribution in [2.45, 2.75) is 18.9 Å². The van der Waals surface area contributed by atoms with Gasteiger partial charge in [0.1, 0.15) is 0 Å². The van der Waals surface area contributed by atoms with Crippen molar-refractivity contribution in [3.8, 4) is 0 Å². The number of non-ortho nitro benzene ring substituents is 1. The first-order valence-electron chi connectivity index (χ1n) is 4.68. The van der Waals surface area contributed by atoms with Gasteiger partial charge in [0.15, 0.2) is 0 Å². The largest absolute Gasteiger partial charge is 0.324 e. The molecule has 1 saturated carbocycles. The van der Waals surface area contributed by atoms with Crippen LogP contribution in [0.4, 0.5) is 5.69 Å². The van der Waals surface area contributed by atoms with E-state index in [0.717, 1.165) is 18.4 Å². The summed E-state index contributed by atoms with van der Waals surface area (Å²) in [6.45, 7) is 0. The fraction of sp³-hybridized carbons (Fsp3) is 0.400. The molecule has 0 saturated heterocycles. The van der Waals surface area contributed by atoms with Crippen LogP contribution < -0.4 is 5.73 Å². The van der Waals surface area contributed by atoms with Gasteiger partial charge in [0.2, 0.25) is 0 Å². The third-order valence-electron chi connectivity index (χ3n) is 2.60. The second kappa shape index (κ2) is 3.38. The van der Waals surface area contributed by atoms with Crippen molar-refractivity contribution >= 4 is 5.69 Å². The van der Waals surface area contributed by atoms with Gasteiger partial charge in [0.05, 0.1) is 4.92 Å². The van der Waals surface area contributed by atoms with Crippen molar-refractivity contribution in [2.75, 3.05) is 0 Å². The molecule has 14 heavy (non-hydrogen) atoms. The SMILES string of the molecule is NC(c1cccc([N+](=O)[O-])c1)C1CC1. The maximum atomic E-state index is 10.5. The lowest BCUT2D eigenvalue weighted by Crippen LogP contribution is -2.12. The summed E-state index contributed by atoms with van der Waals surface area (Å²) in [6.07, 6.45) is 2.29. The van der Waals surface area contributed by atoms with E-state index in [-0.39, 0.29) is 16.7 Å². The first-order valence-corrected chi connectivity index (χ1v) is 4.68. The fourth-order valence-corrected chi connectivity index (χ4v) is 1.57. The van der Waals surface area contributed by atoms with Crippen LogP contribution in [-0.2, 0) is 0 Å². The molecule has 1 aromatic carbocycles. The predicted molar refractivity (Wildman–Crippen MR) is 52.7 cm³/mol. The lowest BCUT2D eigenvalue weighted by molar-refractivity contribution is -0.384. The summed E-state index contributed by atoms with van der Waals surface area (Å²) >= 11 is 0. The van der Waals surface area contributed by atoms with Crippen molar-refractivity contribution in [3.63, 3.8) is 0 Å². The van der Waals surface area contributed by atoms with Crippen LogP contribution in [0.2, 0.25) is 0 Å². The zero-order chi connectivity index (χ0) is 10.1. The average molecular weight is 192 g/mol. The lowest BCUT2D eigenvalue weighted by atomic mass is 10.0. The molecule has 1 aliphatic rings. The summed E-state index contributed by atoms with van der Waals surface area (Å²) < 4.78 is 0. The van der Waals surface area contributed by atoms with Gasteiger partial charge in [-0.25, -0.2) is 0 Å². The van der Waals surface area contributed by atoms with Gasteiger partial charge >= 0.3 is 0 Å². The second-order valence-electron chi connectivity index (χ2n) is 3.72. The van der Waals surface area contributed by atoms with Crippen LogP contribution in [-0.4, -0.2) is 4.92 Å². The quantitative estimate of drug-likeness (QED) is 0.588. The molecule has 0 aromatic heterocycles. The number of nitrogens with zero attached hydrogens (tertiary/aromatic N) is 1. The predicted octanol–water partition coefficient (Wildman–Crippen LogP) is 2.00. The number of hydrogen-bond acceptors (Lipinski definition) is 3. The lowest BCUT2D eigenvalue weighted by Gasteiger charge is -2.09. The van der Waals surface area contributed by atoms with Gasteiger partial charge in [0.25, 0.3) is 5.69 Å². The van der Waals surface area contributed by atoms with Gasteiger partial charge in [0, 0.05) is 18.2 Å². The molecule has 0 spiro atoms. The molecule has 0 radical (unpaired) electrons. The van der Waals surface area contributed by atoms with E-state index in [9.17, 15) is 10.1 Å². The fourth-order valence-electron chi connectivity index (χ4n) is 1.57. The van der Waals surface area contributed by atoms with Gasteiger partial charge in [-0.3, -0.25) is 10.1 Å². The molecule has 0 amide bonds. The zero-order valence-electron chi connectivity index (χ0n) is 7.72. The third-order valence-corrected chi connectivity index (χ3v) is 2.60. The van der Waals surface area contributed by atoms with Gasteiger partial charge < -0.3 is 5.73 Å². The smallest absolute Gasteiger partial charge is 0.269 e. The Balaban J connectivity index is 2.24. The molecule has 4 heteroatoms. The van der Waals surface area contributed by atoms with Crippen LogP contribution in [0.1, 0.15) is 24.4 Å². The number of rotatable bonds is 3. The van der Waals surface area contributed by atoms with Gasteiger partial charge in [-0.05, 0) is 24.3 Å². The molecule has 2 N–H and O–H groups in total. The molecule has 0 aliphatic heterocycles. The Hall–Kier alpha value is -1.42. The molecule has 4 nitrogen and oxygen atoms in total. The summed E-state index contributed by atoms with van der Waals surface area (Å²) in [6, 6.07) is 6.58. The average Bonchev–Trinajstić information content (AvgIpc) is 3.00. The summed E-state index contributed by atoms with van der Waals surface area (Å²) in [4.78, 5) is 10.1. The number of benzene rings is 1. The van der Waals surface area contributed by atoms with E-state index in [4.69, 9.17) is 5.73 Å². The highest BCUT2D eigenvalue weighted by molar-refractivity contribution is 5.36. The highest BCUT2D eigenvalue weighted by Gasteiger charge is 2.29. The van der Waals surface area contributed by atoms with E-state index in [1.54, 1.807) is 12.1 Å². The summed E-state index contributed by atoms with van der Waals surface area (Å²) in [7, 11) is 0. The van der Waals surface area contributed by atoms with E-state index in [1.807, 2.05) is 6.07 Å². The minimum absolute atomic E-state index is 0.0325. The minimum atomic E-state index is -0.386. The Bertz CT molecular complexity index is 361. The Morgan fingerprint density at radius 1 is 1.50 bits per heavy atom. The monoisotopic (exact) mass is 192 g/mol. The molecular weight excluding hydrogens is 180 g/mol. The van der Waals surface area contributed by atoms with E-state index in [2.05, 4.69) is 0 Å². The zero-order valence-corrected chi connectivity index (χ0v) is 7.72. The molecule has 74 valence electrons. The van der Waals surface area contributed by atoms with Crippen molar-refractivity contribution < 1.29 is 4.92 Å². The molecule has 1 unspecified atom stereocenters. The number of nitrogens with two attached hydrogens (primary N) is 1. The summed E-state index contributed by atoms with van der Waals surface area (Å²) in [5, 5.41) is 10.5. The summed E-state index contributed by atoms with van der Waals surface area (Å²) in [5.74, 6) is 0.525. The molecule has 0 heterocycles. The first-order chi connectivity index (χ1) is 6.68.